The zero-order valence-electron chi connectivity index (χ0n) is 15.0. The third-order valence-electron chi connectivity index (χ3n) is 4.88. The van der Waals surface area contributed by atoms with Gasteiger partial charge in [-0.25, -0.2) is 4.39 Å². The SMILES string of the molecule is O=C1c2oc3ccc(F)cc3c(=O)c2C(c2cccc([N+](=O)[O-])c2)N1CCCO. The summed E-state index contributed by atoms with van der Waals surface area (Å²) in [5.41, 5.74) is -0.331. The van der Waals surface area contributed by atoms with Crippen molar-refractivity contribution in [2.24, 2.45) is 0 Å². The summed E-state index contributed by atoms with van der Waals surface area (Å²) in [6, 6.07) is 8.12. The van der Waals surface area contributed by atoms with Gasteiger partial charge < -0.3 is 14.4 Å². The first-order valence-electron chi connectivity index (χ1n) is 8.85. The van der Waals surface area contributed by atoms with Gasteiger partial charge in [0.2, 0.25) is 5.76 Å². The Morgan fingerprint density at radius 1 is 1.21 bits per heavy atom. The van der Waals surface area contributed by atoms with E-state index in [0.29, 0.717) is 5.56 Å². The van der Waals surface area contributed by atoms with Crippen molar-refractivity contribution in [3.8, 4) is 0 Å². The number of fused-ring (bicyclic) bond motifs is 2. The molecule has 2 aromatic carbocycles. The fraction of sp³-hybridized carbons (Fsp3) is 0.200. The van der Waals surface area contributed by atoms with Crippen LogP contribution >= 0.6 is 0 Å². The zero-order chi connectivity index (χ0) is 20.7. The number of carbonyl (C=O) groups is 1. The molecule has 1 amide bonds. The van der Waals surface area contributed by atoms with Gasteiger partial charge in [-0.15, -0.1) is 0 Å². The highest BCUT2D eigenvalue weighted by atomic mass is 19.1. The molecule has 1 aliphatic rings. The molecule has 0 saturated heterocycles. The number of nitrogens with zero attached hydrogens (tertiary/aromatic N) is 2. The van der Waals surface area contributed by atoms with Crippen LogP contribution in [0.4, 0.5) is 10.1 Å². The van der Waals surface area contributed by atoms with E-state index in [9.17, 15) is 29.2 Å². The van der Waals surface area contributed by atoms with Crippen molar-refractivity contribution in [2.45, 2.75) is 12.5 Å². The van der Waals surface area contributed by atoms with Gasteiger partial charge in [0.25, 0.3) is 11.6 Å². The van der Waals surface area contributed by atoms with Gasteiger partial charge in [0.15, 0.2) is 5.43 Å². The highest BCUT2D eigenvalue weighted by Gasteiger charge is 2.42. The number of benzene rings is 2. The molecule has 4 rings (SSSR count). The molecule has 0 fully saturated rings. The molecule has 3 aromatic rings. The molecule has 0 bridgehead atoms. The maximum absolute atomic E-state index is 13.7. The van der Waals surface area contributed by atoms with E-state index in [1.54, 1.807) is 6.07 Å². The monoisotopic (exact) mass is 398 g/mol. The number of hydrogen-bond acceptors (Lipinski definition) is 6. The first-order valence-corrected chi connectivity index (χ1v) is 8.85. The molecule has 1 aromatic heterocycles. The summed E-state index contributed by atoms with van der Waals surface area (Å²) in [5.74, 6) is -1.37. The van der Waals surface area contributed by atoms with Crippen LogP contribution in [0.3, 0.4) is 0 Å². The largest absolute Gasteiger partial charge is 0.450 e. The fourth-order valence-corrected chi connectivity index (χ4v) is 3.62. The Balaban J connectivity index is 1.98. The topological polar surface area (TPSA) is 114 Å². The van der Waals surface area contributed by atoms with Crippen LogP contribution in [0.1, 0.15) is 34.1 Å². The van der Waals surface area contributed by atoms with Gasteiger partial charge in [0, 0.05) is 25.3 Å². The van der Waals surface area contributed by atoms with E-state index in [2.05, 4.69) is 0 Å². The summed E-state index contributed by atoms with van der Waals surface area (Å²) < 4.78 is 19.3. The van der Waals surface area contributed by atoms with E-state index < -0.39 is 28.1 Å². The molecule has 0 aliphatic carbocycles. The van der Waals surface area contributed by atoms with E-state index in [0.717, 1.165) is 12.1 Å². The second kappa shape index (κ2) is 7.10. The van der Waals surface area contributed by atoms with Gasteiger partial charge in [0.1, 0.15) is 11.4 Å². The maximum Gasteiger partial charge on any atom is 0.290 e. The van der Waals surface area contributed by atoms with Crippen LogP contribution in [-0.2, 0) is 0 Å². The smallest absolute Gasteiger partial charge is 0.290 e. The molecule has 0 spiro atoms. The number of aliphatic hydroxyl groups excluding tert-OH is 1. The average molecular weight is 398 g/mol. The molecule has 2 heterocycles. The van der Waals surface area contributed by atoms with Crippen molar-refractivity contribution < 1.29 is 23.6 Å². The van der Waals surface area contributed by atoms with Gasteiger partial charge >= 0.3 is 0 Å². The number of halogens is 1. The molecule has 0 radical (unpaired) electrons. The molecular formula is C20H15FN2O6. The highest BCUT2D eigenvalue weighted by Crippen LogP contribution is 2.39. The number of amides is 1. The molecule has 1 N–H and O–H groups in total. The minimum absolute atomic E-state index is 0.00605. The lowest BCUT2D eigenvalue weighted by molar-refractivity contribution is -0.384. The Morgan fingerprint density at radius 2 is 2.00 bits per heavy atom. The number of non-ortho nitro benzene ring substituents is 1. The Labute approximate surface area is 162 Å². The van der Waals surface area contributed by atoms with E-state index in [-0.39, 0.29) is 47.6 Å². The molecule has 29 heavy (non-hydrogen) atoms. The van der Waals surface area contributed by atoms with Crippen molar-refractivity contribution in [3.05, 3.63) is 85.5 Å². The summed E-state index contributed by atoms with van der Waals surface area (Å²) in [6.07, 6.45) is 0.244. The van der Waals surface area contributed by atoms with E-state index in [4.69, 9.17) is 4.42 Å². The normalized spacial score (nSPS) is 15.7. The van der Waals surface area contributed by atoms with Crippen LogP contribution in [0, 0.1) is 15.9 Å². The molecule has 1 aliphatic heterocycles. The van der Waals surface area contributed by atoms with Gasteiger partial charge in [-0.1, -0.05) is 12.1 Å². The van der Waals surface area contributed by atoms with Gasteiger partial charge in [-0.2, -0.15) is 0 Å². The highest BCUT2D eigenvalue weighted by molar-refractivity contribution is 5.99. The minimum atomic E-state index is -0.937. The Bertz CT molecular complexity index is 1210. The summed E-state index contributed by atoms with van der Waals surface area (Å²) in [7, 11) is 0. The lowest BCUT2D eigenvalue weighted by atomic mass is 9.98. The lowest BCUT2D eigenvalue weighted by Crippen LogP contribution is -2.31. The third-order valence-corrected chi connectivity index (χ3v) is 4.88. The van der Waals surface area contributed by atoms with Crippen LogP contribution in [0.25, 0.3) is 11.0 Å². The van der Waals surface area contributed by atoms with Crippen molar-refractivity contribution in [1.29, 1.82) is 0 Å². The number of aliphatic hydroxyl groups is 1. The number of carbonyl (C=O) groups excluding carboxylic acids is 1. The predicted molar refractivity (Wildman–Crippen MR) is 100 cm³/mol. The lowest BCUT2D eigenvalue weighted by Gasteiger charge is -2.24. The number of hydrogen-bond donors (Lipinski definition) is 1. The average Bonchev–Trinajstić information content (AvgIpc) is 2.99. The first-order chi connectivity index (χ1) is 13.9. The standard InChI is InChI=1S/C20H15FN2O6/c21-12-5-6-15-14(10-12)18(25)16-17(11-3-1-4-13(9-11)23(27)28)22(7-2-8-24)20(26)19(16)29-15/h1,3-6,9-10,17,24H,2,7-8H2. The summed E-state index contributed by atoms with van der Waals surface area (Å²) >= 11 is 0. The van der Waals surface area contributed by atoms with Crippen LogP contribution in [0.15, 0.2) is 51.7 Å². The molecule has 1 unspecified atom stereocenters. The van der Waals surface area contributed by atoms with Crippen molar-refractivity contribution in [2.75, 3.05) is 13.2 Å². The van der Waals surface area contributed by atoms with Crippen molar-refractivity contribution >= 4 is 22.6 Å². The fourth-order valence-electron chi connectivity index (χ4n) is 3.62. The van der Waals surface area contributed by atoms with Crippen LogP contribution in [-0.4, -0.2) is 34.0 Å². The first kappa shape index (κ1) is 18.8. The number of nitro groups is 1. The molecule has 148 valence electrons. The van der Waals surface area contributed by atoms with E-state index >= 15 is 0 Å². The van der Waals surface area contributed by atoms with Crippen LogP contribution < -0.4 is 5.43 Å². The molecule has 9 heteroatoms. The maximum atomic E-state index is 13.7. The molecular weight excluding hydrogens is 383 g/mol. The van der Waals surface area contributed by atoms with Gasteiger partial charge in [-0.05, 0) is 30.2 Å². The zero-order valence-corrected chi connectivity index (χ0v) is 15.0. The van der Waals surface area contributed by atoms with Gasteiger partial charge in [0.05, 0.1) is 21.9 Å². The van der Waals surface area contributed by atoms with E-state index in [1.165, 1.54) is 29.2 Å². The summed E-state index contributed by atoms with van der Waals surface area (Å²) in [4.78, 5) is 38.1. The second-order valence-electron chi connectivity index (χ2n) is 6.64. The molecule has 8 nitrogen and oxygen atoms in total. The summed E-state index contributed by atoms with van der Waals surface area (Å²) in [5, 5.41) is 20.4. The number of rotatable bonds is 5. The summed E-state index contributed by atoms with van der Waals surface area (Å²) in [6.45, 7) is -0.0760. The molecule has 1 atom stereocenters. The molecule has 0 saturated carbocycles. The Kier molecular flexibility index (Phi) is 4.59. The predicted octanol–water partition coefficient (Wildman–Crippen LogP) is 2.77. The Morgan fingerprint density at radius 3 is 2.72 bits per heavy atom. The van der Waals surface area contributed by atoms with Crippen LogP contribution in [0.5, 0.6) is 0 Å². The van der Waals surface area contributed by atoms with Crippen molar-refractivity contribution in [1.82, 2.24) is 4.90 Å². The van der Waals surface area contributed by atoms with Crippen LogP contribution in [0.2, 0.25) is 0 Å². The second-order valence-corrected chi connectivity index (χ2v) is 6.64. The van der Waals surface area contributed by atoms with Crippen molar-refractivity contribution in [3.63, 3.8) is 0 Å². The quantitative estimate of drug-likeness (QED) is 0.522. The Hall–Kier alpha value is -3.59. The number of nitro benzene ring substituents is 1. The minimum Gasteiger partial charge on any atom is -0.450 e. The van der Waals surface area contributed by atoms with E-state index in [1.807, 2.05) is 0 Å². The van der Waals surface area contributed by atoms with Gasteiger partial charge in [-0.3, -0.25) is 19.7 Å². The third kappa shape index (κ3) is 3.05.